The third-order valence-corrected chi connectivity index (χ3v) is 5.37. The highest BCUT2D eigenvalue weighted by Crippen LogP contribution is 2.36. The minimum Gasteiger partial charge on any atom is -0.480 e. The summed E-state index contributed by atoms with van der Waals surface area (Å²) in [6.45, 7) is 1.04. The van der Waals surface area contributed by atoms with Gasteiger partial charge in [-0.15, -0.1) is 0 Å². The SMILES string of the molecule is Cc1cc(-c2nn(-c3cc(F)ccc3C(F)(F)F)c(=O)c3c2CCN3CC(=O)O)ccc1F. The molecular weight excluding hydrogens is 449 g/mol. The Bertz CT molecular complexity index is 1330. The maximum absolute atomic E-state index is 14.0. The summed E-state index contributed by atoms with van der Waals surface area (Å²) >= 11 is 0. The van der Waals surface area contributed by atoms with Crippen molar-refractivity contribution in [2.24, 2.45) is 0 Å². The topological polar surface area (TPSA) is 75.4 Å². The Morgan fingerprint density at radius 1 is 1.15 bits per heavy atom. The molecule has 172 valence electrons. The molecule has 0 aliphatic carbocycles. The molecule has 0 bridgehead atoms. The third-order valence-electron chi connectivity index (χ3n) is 5.37. The number of carboxylic acids is 1. The first-order chi connectivity index (χ1) is 15.5. The summed E-state index contributed by atoms with van der Waals surface area (Å²) in [6, 6.07) is 5.59. The molecule has 33 heavy (non-hydrogen) atoms. The van der Waals surface area contributed by atoms with Gasteiger partial charge < -0.3 is 10.0 Å². The molecule has 0 amide bonds. The minimum absolute atomic E-state index is 0.0815. The monoisotopic (exact) mass is 465 g/mol. The lowest BCUT2D eigenvalue weighted by Gasteiger charge is -2.20. The van der Waals surface area contributed by atoms with Crippen LogP contribution < -0.4 is 10.5 Å². The molecule has 1 N–H and O–H groups in total. The Morgan fingerprint density at radius 2 is 1.88 bits per heavy atom. The Labute approximate surface area is 183 Å². The number of aryl methyl sites for hydroxylation is 1. The van der Waals surface area contributed by atoms with Gasteiger partial charge in [0.25, 0.3) is 5.56 Å². The van der Waals surface area contributed by atoms with Crippen molar-refractivity contribution in [2.45, 2.75) is 19.5 Å². The molecule has 1 aliphatic rings. The Balaban J connectivity index is 2.06. The lowest BCUT2D eigenvalue weighted by molar-refractivity contribution is -0.137. The highest BCUT2D eigenvalue weighted by molar-refractivity contribution is 5.79. The van der Waals surface area contributed by atoms with E-state index in [4.69, 9.17) is 0 Å². The largest absolute Gasteiger partial charge is 0.480 e. The summed E-state index contributed by atoms with van der Waals surface area (Å²) in [6.07, 6.45) is -4.72. The zero-order valence-corrected chi connectivity index (χ0v) is 17.1. The smallest absolute Gasteiger partial charge is 0.418 e. The van der Waals surface area contributed by atoms with Crippen LogP contribution in [0.4, 0.5) is 27.6 Å². The van der Waals surface area contributed by atoms with Crippen LogP contribution in [0.2, 0.25) is 0 Å². The lowest BCUT2D eigenvalue weighted by atomic mass is 10.0. The number of hydrogen-bond donors (Lipinski definition) is 1. The van der Waals surface area contributed by atoms with E-state index in [1.165, 1.54) is 24.0 Å². The van der Waals surface area contributed by atoms with Crippen LogP contribution in [0, 0.1) is 18.6 Å². The first-order valence-corrected chi connectivity index (χ1v) is 9.74. The molecule has 1 aliphatic heterocycles. The van der Waals surface area contributed by atoms with E-state index >= 15 is 0 Å². The van der Waals surface area contributed by atoms with Crippen molar-refractivity contribution in [3.8, 4) is 16.9 Å². The molecule has 0 fully saturated rings. The summed E-state index contributed by atoms with van der Waals surface area (Å²) in [5.74, 6) is -2.78. The summed E-state index contributed by atoms with van der Waals surface area (Å²) in [5.41, 5.74) is -2.31. The van der Waals surface area contributed by atoms with Crippen molar-refractivity contribution >= 4 is 11.7 Å². The van der Waals surface area contributed by atoms with Crippen LogP contribution in [0.1, 0.15) is 16.7 Å². The number of aliphatic carboxylic acids is 1. The van der Waals surface area contributed by atoms with E-state index in [-0.39, 0.29) is 29.9 Å². The van der Waals surface area contributed by atoms with Crippen LogP contribution in [-0.2, 0) is 17.4 Å². The first kappa shape index (κ1) is 22.4. The Kier molecular flexibility index (Phi) is 5.43. The van der Waals surface area contributed by atoms with Gasteiger partial charge in [-0.3, -0.25) is 9.59 Å². The molecule has 11 heteroatoms. The molecule has 2 heterocycles. The standard InChI is InChI=1S/C22H16F5N3O3/c1-11-8-12(2-5-16(11)24)19-14-6-7-29(10-18(31)32)20(14)21(33)30(28-19)17-9-13(23)3-4-15(17)22(25,26)27/h2-5,8-9H,6-7,10H2,1H3,(H,31,32). The van der Waals surface area contributed by atoms with E-state index in [2.05, 4.69) is 5.10 Å². The van der Waals surface area contributed by atoms with Gasteiger partial charge in [0.05, 0.1) is 16.9 Å². The van der Waals surface area contributed by atoms with Crippen LogP contribution in [0.15, 0.2) is 41.2 Å². The number of rotatable bonds is 4. The molecule has 0 atom stereocenters. The molecule has 4 rings (SSSR count). The number of carboxylic acid groups (broad SMARTS) is 1. The number of fused-ring (bicyclic) bond motifs is 1. The van der Waals surface area contributed by atoms with Crippen LogP contribution >= 0.6 is 0 Å². The molecule has 0 radical (unpaired) electrons. The van der Waals surface area contributed by atoms with Crippen molar-refractivity contribution in [1.82, 2.24) is 9.78 Å². The number of halogens is 5. The van der Waals surface area contributed by atoms with Crippen molar-refractivity contribution in [3.05, 3.63) is 75.1 Å². The molecule has 0 unspecified atom stereocenters. The Hall–Kier alpha value is -3.76. The zero-order chi connectivity index (χ0) is 24.1. The van der Waals surface area contributed by atoms with E-state index < -0.39 is 47.1 Å². The van der Waals surface area contributed by atoms with Gasteiger partial charge in [0.2, 0.25) is 0 Å². The Morgan fingerprint density at radius 3 is 2.52 bits per heavy atom. The fraction of sp³-hybridized carbons (Fsp3) is 0.227. The predicted molar refractivity (Wildman–Crippen MR) is 108 cm³/mol. The second-order valence-electron chi connectivity index (χ2n) is 7.58. The summed E-state index contributed by atoms with van der Waals surface area (Å²) in [4.78, 5) is 25.8. The summed E-state index contributed by atoms with van der Waals surface area (Å²) in [5, 5.41) is 13.3. The molecule has 1 aromatic heterocycles. The van der Waals surface area contributed by atoms with E-state index in [1.807, 2.05) is 0 Å². The third kappa shape index (κ3) is 4.06. The van der Waals surface area contributed by atoms with Crippen molar-refractivity contribution < 1.29 is 31.9 Å². The number of hydrogen-bond acceptors (Lipinski definition) is 4. The number of alkyl halides is 3. The lowest BCUT2D eigenvalue weighted by Crippen LogP contribution is -2.34. The van der Waals surface area contributed by atoms with E-state index in [0.29, 0.717) is 34.0 Å². The number of carbonyl (C=O) groups is 1. The molecule has 0 saturated carbocycles. The summed E-state index contributed by atoms with van der Waals surface area (Å²) < 4.78 is 69.1. The number of nitrogens with zero attached hydrogens (tertiary/aromatic N) is 3. The zero-order valence-electron chi connectivity index (χ0n) is 17.1. The van der Waals surface area contributed by atoms with Crippen molar-refractivity contribution in [3.63, 3.8) is 0 Å². The maximum Gasteiger partial charge on any atom is 0.418 e. The number of aromatic nitrogens is 2. The van der Waals surface area contributed by atoms with Crippen LogP contribution in [0.25, 0.3) is 16.9 Å². The van der Waals surface area contributed by atoms with Gasteiger partial charge in [0.1, 0.15) is 23.9 Å². The van der Waals surface area contributed by atoms with Gasteiger partial charge in [0, 0.05) is 23.7 Å². The van der Waals surface area contributed by atoms with Gasteiger partial charge in [-0.1, -0.05) is 0 Å². The average molecular weight is 465 g/mol. The molecule has 0 saturated heterocycles. The van der Waals surface area contributed by atoms with E-state index in [9.17, 15) is 36.6 Å². The molecule has 2 aromatic carbocycles. The number of anilines is 1. The molecular formula is C22H16F5N3O3. The van der Waals surface area contributed by atoms with Gasteiger partial charge in [-0.2, -0.15) is 23.0 Å². The van der Waals surface area contributed by atoms with E-state index in [1.54, 1.807) is 0 Å². The molecule has 6 nitrogen and oxygen atoms in total. The van der Waals surface area contributed by atoms with Gasteiger partial charge >= 0.3 is 12.1 Å². The fourth-order valence-electron chi connectivity index (χ4n) is 3.90. The van der Waals surface area contributed by atoms with Crippen LogP contribution in [0.5, 0.6) is 0 Å². The second-order valence-corrected chi connectivity index (χ2v) is 7.58. The van der Waals surface area contributed by atoms with Gasteiger partial charge in [0.15, 0.2) is 0 Å². The van der Waals surface area contributed by atoms with E-state index in [0.717, 1.165) is 6.07 Å². The fourth-order valence-corrected chi connectivity index (χ4v) is 3.90. The molecule has 0 spiro atoms. The first-order valence-electron chi connectivity index (χ1n) is 9.74. The highest BCUT2D eigenvalue weighted by Gasteiger charge is 2.36. The predicted octanol–water partition coefficient (Wildman–Crippen LogP) is 3.95. The summed E-state index contributed by atoms with van der Waals surface area (Å²) in [7, 11) is 0. The van der Waals surface area contributed by atoms with Gasteiger partial charge in [-0.05, 0) is 49.2 Å². The maximum atomic E-state index is 14.0. The quantitative estimate of drug-likeness (QED) is 0.591. The van der Waals surface area contributed by atoms with Crippen molar-refractivity contribution in [1.29, 1.82) is 0 Å². The van der Waals surface area contributed by atoms with Crippen LogP contribution in [0.3, 0.4) is 0 Å². The van der Waals surface area contributed by atoms with Crippen LogP contribution in [-0.4, -0.2) is 33.9 Å². The second kappa shape index (κ2) is 7.98. The minimum atomic E-state index is -4.92. The highest BCUT2D eigenvalue weighted by atomic mass is 19.4. The number of benzene rings is 2. The van der Waals surface area contributed by atoms with Crippen molar-refractivity contribution in [2.75, 3.05) is 18.0 Å². The normalized spacial score (nSPS) is 13.3. The average Bonchev–Trinajstić information content (AvgIpc) is 3.13. The molecule has 3 aromatic rings. The van der Waals surface area contributed by atoms with Gasteiger partial charge in [-0.25, -0.2) is 8.78 Å².